The number of anilines is 1. The molecule has 1 aliphatic heterocycles. The van der Waals surface area contributed by atoms with Gasteiger partial charge in [-0.1, -0.05) is 60.3 Å². The topological polar surface area (TPSA) is 24.8 Å². The molecule has 150 valence electrons. The highest BCUT2D eigenvalue weighted by Gasteiger charge is 2.24. The molecule has 1 aliphatic rings. The summed E-state index contributed by atoms with van der Waals surface area (Å²) in [6.07, 6.45) is 2.14. The third kappa shape index (κ3) is 4.66. The van der Waals surface area contributed by atoms with Gasteiger partial charge in [-0.15, -0.1) is 0 Å². The Morgan fingerprint density at radius 2 is 1.60 bits per heavy atom. The van der Waals surface area contributed by atoms with Gasteiger partial charge < -0.3 is 9.64 Å². The van der Waals surface area contributed by atoms with E-state index in [1.165, 1.54) is 11.3 Å². The standard InChI is InChI=1S/C26H24N2OS/c1-3-29-24-16-14-22(15-17-24)27-20(2)18-26-28(23-12-8-5-9-13-23)25(19-30-26)21-10-6-4-7-11-21/h4-19H,3H2,1-2H3/b26-18-,27-20?. The smallest absolute Gasteiger partial charge is 0.119 e. The predicted octanol–water partition coefficient (Wildman–Crippen LogP) is 7.27. The van der Waals surface area contributed by atoms with E-state index in [0.29, 0.717) is 6.61 Å². The van der Waals surface area contributed by atoms with Gasteiger partial charge in [-0.2, -0.15) is 0 Å². The lowest BCUT2D eigenvalue weighted by atomic mass is 10.1. The van der Waals surface area contributed by atoms with Crippen LogP contribution in [0.3, 0.4) is 0 Å². The van der Waals surface area contributed by atoms with Gasteiger partial charge in [-0.3, -0.25) is 4.99 Å². The van der Waals surface area contributed by atoms with Gasteiger partial charge in [0.05, 0.1) is 23.0 Å². The molecule has 0 saturated heterocycles. The fraction of sp³-hybridized carbons (Fsp3) is 0.115. The Kier molecular flexibility index (Phi) is 6.35. The van der Waals surface area contributed by atoms with Crippen LogP contribution in [-0.4, -0.2) is 12.3 Å². The highest BCUT2D eigenvalue weighted by molar-refractivity contribution is 8.06. The van der Waals surface area contributed by atoms with Gasteiger partial charge in [0.2, 0.25) is 0 Å². The minimum atomic E-state index is 0.664. The summed E-state index contributed by atoms with van der Waals surface area (Å²) in [5, 5.41) is 3.34. The van der Waals surface area contributed by atoms with Crippen molar-refractivity contribution in [3.8, 4) is 5.75 Å². The number of ether oxygens (including phenoxy) is 1. The second kappa shape index (κ2) is 9.51. The fourth-order valence-electron chi connectivity index (χ4n) is 3.29. The van der Waals surface area contributed by atoms with Crippen LogP contribution in [0.4, 0.5) is 11.4 Å². The maximum Gasteiger partial charge on any atom is 0.119 e. The lowest BCUT2D eigenvalue weighted by molar-refractivity contribution is 0.340. The first-order chi connectivity index (χ1) is 14.7. The van der Waals surface area contributed by atoms with Crippen LogP contribution in [0.25, 0.3) is 5.70 Å². The predicted molar refractivity (Wildman–Crippen MR) is 129 cm³/mol. The quantitative estimate of drug-likeness (QED) is 0.398. The zero-order valence-corrected chi connectivity index (χ0v) is 18.0. The second-order valence-corrected chi connectivity index (χ2v) is 7.71. The van der Waals surface area contributed by atoms with Crippen LogP contribution in [0.15, 0.2) is 106 Å². The van der Waals surface area contributed by atoms with Crippen LogP contribution < -0.4 is 9.64 Å². The molecule has 0 fully saturated rings. The van der Waals surface area contributed by atoms with Gasteiger partial charge in [0, 0.05) is 16.8 Å². The third-order valence-electron chi connectivity index (χ3n) is 4.62. The van der Waals surface area contributed by atoms with Gasteiger partial charge >= 0.3 is 0 Å². The minimum Gasteiger partial charge on any atom is -0.494 e. The Hall–Kier alpha value is -3.24. The summed E-state index contributed by atoms with van der Waals surface area (Å²) in [4.78, 5) is 7.06. The lowest BCUT2D eigenvalue weighted by Gasteiger charge is -2.24. The Morgan fingerprint density at radius 1 is 0.933 bits per heavy atom. The maximum atomic E-state index is 5.51. The summed E-state index contributed by atoms with van der Waals surface area (Å²) in [5.74, 6) is 0.866. The summed E-state index contributed by atoms with van der Waals surface area (Å²) >= 11 is 1.72. The van der Waals surface area contributed by atoms with Gasteiger partial charge in [0.15, 0.2) is 0 Å². The number of thioether (sulfide) groups is 1. The van der Waals surface area contributed by atoms with Crippen molar-refractivity contribution in [2.45, 2.75) is 13.8 Å². The summed E-state index contributed by atoms with van der Waals surface area (Å²) in [6.45, 7) is 4.68. The minimum absolute atomic E-state index is 0.664. The van der Waals surface area contributed by atoms with Gasteiger partial charge in [0.25, 0.3) is 0 Å². The Balaban J connectivity index is 1.64. The molecule has 0 unspecified atom stereocenters. The normalized spacial score (nSPS) is 15.4. The number of hydrogen-bond donors (Lipinski definition) is 0. The van der Waals surface area contributed by atoms with Gasteiger partial charge in [0.1, 0.15) is 5.75 Å². The summed E-state index contributed by atoms with van der Waals surface area (Å²) in [7, 11) is 0. The van der Waals surface area contributed by atoms with E-state index in [-0.39, 0.29) is 0 Å². The van der Waals surface area contributed by atoms with Crippen LogP contribution in [0.5, 0.6) is 5.75 Å². The van der Waals surface area contributed by atoms with Crippen molar-refractivity contribution < 1.29 is 4.74 Å². The SMILES string of the molecule is CCOc1ccc(N=C(C)/C=C2\SC=C(c3ccccc3)N2c2ccccc2)cc1. The largest absolute Gasteiger partial charge is 0.494 e. The number of hydrogen-bond acceptors (Lipinski definition) is 4. The average Bonchev–Trinajstić information content (AvgIpc) is 3.20. The second-order valence-electron chi connectivity index (χ2n) is 6.82. The number of rotatable bonds is 6. The van der Waals surface area contributed by atoms with E-state index in [4.69, 9.17) is 9.73 Å². The van der Waals surface area contributed by atoms with Crippen molar-refractivity contribution in [3.05, 3.63) is 107 Å². The number of allylic oxidation sites excluding steroid dienone is 1. The molecule has 0 radical (unpaired) electrons. The first-order valence-electron chi connectivity index (χ1n) is 10.0. The molecule has 0 aromatic heterocycles. The van der Waals surface area contributed by atoms with E-state index < -0.39 is 0 Å². The molecular formula is C26H24N2OS. The van der Waals surface area contributed by atoms with Crippen molar-refractivity contribution in [1.82, 2.24) is 0 Å². The van der Waals surface area contributed by atoms with Gasteiger partial charge in [-0.25, -0.2) is 0 Å². The van der Waals surface area contributed by atoms with E-state index in [1.54, 1.807) is 11.8 Å². The number of aliphatic imine (C=N–C) groups is 1. The van der Waals surface area contributed by atoms with E-state index in [2.05, 4.69) is 64.9 Å². The maximum absolute atomic E-state index is 5.51. The first kappa shape index (κ1) is 20.0. The van der Waals surface area contributed by atoms with Crippen LogP contribution in [0, 0.1) is 0 Å². The molecular weight excluding hydrogens is 388 g/mol. The Bertz CT molecular complexity index is 1070. The zero-order valence-electron chi connectivity index (χ0n) is 17.2. The van der Waals surface area contributed by atoms with Crippen LogP contribution in [0.1, 0.15) is 19.4 Å². The van der Waals surface area contributed by atoms with Crippen LogP contribution >= 0.6 is 11.8 Å². The van der Waals surface area contributed by atoms with Crippen molar-refractivity contribution in [2.24, 2.45) is 4.99 Å². The van der Waals surface area contributed by atoms with E-state index >= 15 is 0 Å². The monoisotopic (exact) mass is 412 g/mol. The Morgan fingerprint density at radius 3 is 2.27 bits per heavy atom. The lowest BCUT2D eigenvalue weighted by Crippen LogP contribution is -2.16. The molecule has 3 aromatic carbocycles. The Labute approximate surface area is 182 Å². The molecule has 0 atom stereocenters. The number of nitrogens with zero attached hydrogens (tertiary/aromatic N) is 2. The zero-order chi connectivity index (χ0) is 20.8. The van der Waals surface area contributed by atoms with Crippen molar-refractivity contribution >= 4 is 34.5 Å². The van der Waals surface area contributed by atoms with Crippen molar-refractivity contribution in [1.29, 1.82) is 0 Å². The molecule has 3 nitrogen and oxygen atoms in total. The number of benzene rings is 3. The highest BCUT2D eigenvalue weighted by Crippen LogP contribution is 2.42. The van der Waals surface area contributed by atoms with Crippen LogP contribution in [-0.2, 0) is 0 Å². The van der Waals surface area contributed by atoms with E-state index in [1.807, 2.05) is 50.2 Å². The average molecular weight is 413 g/mol. The summed E-state index contributed by atoms with van der Waals surface area (Å²) < 4.78 is 5.51. The molecule has 0 N–H and O–H groups in total. The molecule has 30 heavy (non-hydrogen) atoms. The number of para-hydroxylation sites is 1. The molecule has 0 aliphatic carbocycles. The third-order valence-corrected chi connectivity index (χ3v) is 5.51. The highest BCUT2D eigenvalue weighted by atomic mass is 32.2. The summed E-state index contributed by atoms with van der Waals surface area (Å²) in [6, 6.07) is 28.8. The summed E-state index contributed by atoms with van der Waals surface area (Å²) in [5.41, 5.74) is 5.37. The molecule has 1 heterocycles. The first-order valence-corrected chi connectivity index (χ1v) is 10.9. The van der Waals surface area contributed by atoms with E-state index in [9.17, 15) is 0 Å². The fourth-order valence-corrected chi connectivity index (χ4v) is 4.31. The molecule has 0 spiro atoms. The molecule has 4 rings (SSSR count). The van der Waals surface area contributed by atoms with Gasteiger partial charge in [-0.05, 0) is 61.9 Å². The molecule has 0 saturated carbocycles. The molecule has 3 aromatic rings. The van der Waals surface area contributed by atoms with Crippen molar-refractivity contribution in [3.63, 3.8) is 0 Å². The molecule has 4 heteroatoms. The molecule has 0 amide bonds. The van der Waals surface area contributed by atoms with Crippen LogP contribution in [0.2, 0.25) is 0 Å². The van der Waals surface area contributed by atoms with Crippen molar-refractivity contribution in [2.75, 3.05) is 11.5 Å². The molecule has 0 bridgehead atoms. The van der Waals surface area contributed by atoms with E-state index in [0.717, 1.165) is 27.9 Å².